The summed E-state index contributed by atoms with van der Waals surface area (Å²) in [5, 5.41) is 4.71. The molecule has 1 heterocycles. The maximum atomic E-state index is 10.8. The molecule has 15 heavy (non-hydrogen) atoms. The SMILES string of the molecule is O=C1COC(c2cc(Cl)cc(Cl)c2)=NN1. The van der Waals surface area contributed by atoms with Gasteiger partial charge in [-0.25, -0.2) is 5.43 Å². The summed E-state index contributed by atoms with van der Waals surface area (Å²) in [5.74, 6) is 0.0193. The number of hydrazone groups is 1. The first kappa shape index (κ1) is 10.3. The second-order valence-corrected chi connectivity index (χ2v) is 3.77. The predicted octanol–water partition coefficient (Wildman–Crippen LogP) is 1.80. The molecule has 0 saturated carbocycles. The molecule has 2 rings (SSSR count). The summed E-state index contributed by atoms with van der Waals surface area (Å²) in [6, 6.07) is 4.92. The van der Waals surface area contributed by atoms with E-state index in [4.69, 9.17) is 27.9 Å². The monoisotopic (exact) mass is 244 g/mol. The van der Waals surface area contributed by atoms with Crippen LogP contribution >= 0.6 is 23.2 Å². The van der Waals surface area contributed by atoms with Gasteiger partial charge < -0.3 is 4.74 Å². The number of nitrogens with one attached hydrogen (secondary N) is 1. The molecule has 1 aliphatic rings. The van der Waals surface area contributed by atoms with Crippen molar-refractivity contribution in [3.8, 4) is 0 Å². The molecule has 0 fully saturated rings. The zero-order valence-corrected chi connectivity index (χ0v) is 8.97. The van der Waals surface area contributed by atoms with Crippen LogP contribution in [0.25, 0.3) is 0 Å². The molecule has 1 aromatic carbocycles. The third-order valence-electron chi connectivity index (χ3n) is 1.73. The lowest BCUT2D eigenvalue weighted by atomic mass is 10.2. The van der Waals surface area contributed by atoms with Crippen molar-refractivity contribution in [1.29, 1.82) is 0 Å². The number of amides is 1. The highest BCUT2D eigenvalue weighted by Crippen LogP contribution is 2.20. The molecular weight excluding hydrogens is 239 g/mol. The van der Waals surface area contributed by atoms with E-state index in [0.717, 1.165) is 0 Å². The summed E-state index contributed by atoms with van der Waals surface area (Å²) in [5.41, 5.74) is 2.94. The first-order chi connectivity index (χ1) is 7.15. The summed E-state index contributed by atoms with van der Waals surface area (Å²) < 4.78 is 5.11. The van der Waals surface area contributed by atoms with Gasteiger partial charge in [-0.1, -0.05) is 23.2 Å². The van der Waals surface area contributed by atoms with Gasteiger partial charge in [0.1, 0.15) is 0 Å². The zero-order valence-electron chi connectivity index (χ0n) is 7.46. The smallest absolute Gasteiger partial charge is 0.278 e. The van der Waals surface area contributed by atoms with Crippen molar-refractivity contribution >= 4 is 35.0 Å². The molecule has 6 heteroatoms. The number of rotatable bonds is 1. The number of hydrogen-bond donors (Lipinski definition) is 1. The topological polar surface area (TPSA) is 50.7 Å². The van der Waals surface area contributed by atoms with Gasteiger partial charge in [-0.15, -0.1) is 5.10 Å². The Bertz CT molecular complexity index is 425. The molecule has 0 aliphatic carbocycles. The van der Waals surface area contributed by atoms with Crippen molar-refractivity contribution in [1.82, 2.24) is 5.43 Å². The minimum Gasteiger partial charge on any atom is -0.466 e. The number of benzene rings is 1. The highest BCUT2D eigenvalue weighted by atomic mass is 35.5. The third-order valence-corrected chi connectivity index (χ3v) is 2.17. The summed E-state index contributed by atoms with van der Waals surface area (Å²) in [6.07, 6.45) is 0. The largest absolute Gasteiger partial charge is 0.466 e. The molecule has 0 spiro atoms. The second kappa shape index (κ2) is 4.08. The lowest BCUT2D eigenvalue weighted by Gasteiger charge is -2.13. The van der Waals surface area contributed by atoms with E-state index < -0.39 is 0 Å². The molecule has 0 radical (unpaired) electrons. The fraction of sp³-hybridized carbons (Fsp3) is 0.111. The van der Waals surface area contributed by atoms with Crippen LogP contribution in [0.1, 0.15) is 5.56 Å². The quantitative estimate of drug-likeness (QED) is 0.820. The van der Waals surface area contributed by atoms with E-state index in [-0.39, 0.29) is 12.5 Å². The average molecular weight is 245 g/mol. The maximum Gasteiger partial charge on any atom is 0.278 e. The zero-order chi connectivity index (χ0) is 10.8. The van der Waals surface area contributed by atoms with Gasteiger partial charge >= 0.3 is 0 Å². The lowest BCUT2D eigenvalue weighted by Crippen LogP contribution is -2.32. The van der Waals surface area contributed by atoms with E-state index in [2.05, 4.69) is 10.5 Å². The molecular formula is C9H6Cl2N2O2. The van der Waals surface area contributed by atoms with Crippen molar-refractivity contribution in [2.45, 2.75) is 0 Å². The van der Waals surface area contributed by atoms with E-state index in [0.29, 0.717) is 21.5 Å². The van der Waals surface area contributed by atoms with Gasteiger partial charge in [-0.3, -0.25) is 4.79 Å². The van der Waals surface area contributed by atoms with Crippen molar-refractivity contribution in [3.05, 3.63) is 33.8 Å². The van der Waals surface area contributed by atoms with Crippen LogP contribution in [-0.4, -0.2) is 18.4 Å². The van der Waals surface area contributed by atoms with Gasteiger partial charge in [0.15, 0.2) is 6.61 Å². The number of hydrogen-bond acceptors (Lipinski definition) is 3. The first-order valence-electron chi connectivity index (χ1n) is 4.11. The standard InChI is InChI=1S/C9H6Cl2N2O2/c10-6-1-5(2-7(11)3-6)9-13-12-8(14)4-15-9/h1-3H,4H2,(H,12,14). The molecule has 78 valence electrons. The summed E-state index contributed by atoms with van der Waals surface area (Å²) >= 11 is 11.6. The molecule has 0 bridgehead atoms. The van der Waals surface area contributed by atoms with Crippen molar-refractivity contribution in [3.63, 3.8) is 0 Å². The van der Waals surface area contributed by atoms with Crippen LogP contribution < -0.4 is 5.43 Å². The van der Waals surface area contributed by atoms with Gasteiger partial charge in [0, 0.05) is 15.6 Å². The lowest BCUT2D eigenvalue weighted by molar-refractivity contribution is -0.124. The molecule has 0 atom stereocenters. The Morgan fingerprint density at radius 1 is 1.27 bits per heavy atom. The minimum absolute atomic E-state index is 0.0526. The Morgan fingerprint density at radius 3 is 2.47 bits per heavy atom. The predicted molar refractivity (Wildman–Crippen MR) is 57.1 cm³/mol. The summed E-state index contributed by atoms with van der Waals surface area (Å²) in [4.78, 5) is 10.8. The highest BCUT2D eigenvalue weighted by molar-refractivity contribution is 6.35. The molecule has 0 saturated heterocycles. The van der Waals surface area contributed by atoms with Gasteiger partial charge in [-0.05, 0) is 18.2 Å². The third kappa shape index (κ3) is 2.40. The minimum atomic E-state index is -0.285. The second-order valence-electron chi connectivity index (χ2n) is 2.90. The molecule has 1 amide bonds. The molecule has 0 unspecified atom stereocenters. The Hall–Kier alpha value is -1.26. The van der Waals surface area contributed by atoms with Gasteiger partial charge in [0.05, 0.1) is 0 Å². The van der Waals surface area contributed by atoms with Gasteiger partial charge in [0.2, 0.25) is 5.90 Å². The van der Waals surface area contributed by atoms with Crippen molar-refractivity contribution < 1.29 is 9.53 Å². The number of halogens is 2. The maximum absolute atomic E-state index is 10.8. The van der Waals surface area contributed by atoms with E-state index in [1.165, 1.54) is 0 Å². The van der Waals surface area contributed by atoms with Crippen LogP contribution in [0.5, 0.6) is 0 Å². The molecule has 4 nitrogen and oxygen atoms in total. The van der Waals surface area contributed by atoms with Crippen LogP contribution in [0, 0.1) is 0 Å². The molecule has 1 N–H and O–H groups in total. The summed E-state index contributed by atoms with van der Waals surface area (Å²) in [6.45, 7) is -0.0526. The number of nitrogens with zero attached hydrogens (tertiary/aromatic N) is 1. The van der Waals surface area contributed by atoms with Crippen LogP contribution in [-0.2, 0) is 9.53 Å². The van der Waals surface area contributed by atoms with E-state index >= 15 is 0 Å². The Balaban J connectivity index is 2.33. The van der Waals surface area contributed by atoms with Crippen LogP contribution in [0.3, 0.4) is 0 Å². The average Bonchev–Trinajstić information content (AvgIpc) is 2.17. The van der Waals surface area contributed by atoms with Crippen LogP contribution in [0.15, 0.2) is 23.3 Å². The van der Waals surface area contributed by atoms with Crippen LogP contribution in [0.4, 0.5) is 0 Å². The van der Waals surface area contributed by atoms with Crippen LogP contribution in [0.2, 0.25) is 10.0 Å². The van der Waals surface area contributed by atoms with Crippen molar-refractivity contribution in [2.75, 3.05) is 6.61 Å². The molecule has 1 aliphatic heterocycles. The van der Waals surface area contributed by atoms with Gasteiger partial charge in [0.25, 0.3) is 5.91 Å². The molecule has 0 aromatic heterocycles. The fourth-order valence-electron chi connectivity index (χ4n) is 1.14. The summed E-state index contributed by atoms with van der Waals surface area (Å²) in [7, 11) is 0. The first-order valence-corrected chi connectivity index (χ1v) is 4.86. The Labute approximate surface area is 95.8 Å². The Morgan fingerprint density at radius 2 is 1.93 bits per heavy atom. The van der Waals surface area contributed by atoms with E-state index in [1.807, 2.05) is 0 Å². The molecule has 1 aromatic rings. The number of carbonyl (C=O) groups excluding carboxylic acids is 1. The Kier molecular flexibility index (Phi) is 2.79. The normalized spacial score (nSPS) is 15.3. The highest BCUT2D eigenvalue weighted by Gasteiger charge is 2.14. The number of ether oxygens (including phenoxy) is 1. The fourth-order valence-corrected chi connectivity index (χ4v) is 1.66. The van der Waals surface area contributed by atoms with E-state index in [9.17, 15) is 4.79 Å². The van der Waals surface area contributed by atoms with Crippen molar-refractivity contribution in [2.24, 2.45) is 5.10 Å². The van der Waals surface area contributed by atoms with E-state index in [1.54, 1.807) is 18.2 Å². The van der Waals surface area contributed by atoms with Gasteiger partial charge in [-0.2, -0.15) is 0 Å². The number of carbonyl (C=O) groups is 1.